The van der Waals surface area contributed by atoms with E-state index in [1.807, 2.05) is 6.92 Å². The van der Waals surface area contributed by atoms with Crippen molar-refractivity contribution in [2.45, 2.75) is 6.92 Å². The van der Waals surface area contributed by atoms with Crippen molar-refractivity contribution >= 4 is 28.4 Å². The van der Waals surface area contributed by atoms with Gasteiger partial charge in [-0.15, -0.1) is 0 Å². The summed E-state index contributed by atoms with van der Waals surface area (Å²) in [6.07, 6.45) is 0. The molecule has 1 aromatic carbocycles. The van der Waals surface area contributed by atoms with E-state index in [9.17, 15) is 4.79 Å². The van der Waals surface area contributed by atoms with Crippen molar-refractivity contribution in [3.8, 4) is 0 Å². The van der Waals surface area contributed by atoms with E-state index >= 15 is 0 Å². The Morgan fingerprint density at radius 1 is 1.40 bits per heavy atom. The lowest BCUT2D eigenvalue weighted by Gasteiger charge is -2.03. The molecule has 1 amide bonds. The third-order valence-corrected chi connectivity index (χ3v) is 2.48. The summed E-state index contributed by atoms with van der Waals surface area (Å²) in [6, 6.07) is 6.81. The van der Waals surface area contributed by atoms with Crippen LogP contribution in [0.5, 0.6) is 0 Å². The number of hydrogen-bond donors (Lipinski definition) is 1. The average Bonchev–Trinajstić information content (AvgIpc) is 2.16. The molecule has 15 heavy (non-hydrogen) atoms. The van der Waals surface area contributed by atoms with Crippen molar-refractivity contribution in [3.05, 3.63) is 40.5 Å². The highest BCUT2D eigenvalue weighted by atomic mass is 35.5. The van der Waals surface area contributed by atoms with Crippen molar-refractivity contribution in [1.82, 2.24) is 4.98 Å². The Morgan fingerprint density at radius 3 is 2.80 bits per heavy atom. The maximum atomic E-state index is 11.0. The van der Waals surface area contributed by atoms with E-state index in [0.717, 1.165) is 16.6 Å². The Morgan fingerprint density at radius 2 is 2.13 bits per heavy atom. The van der Waals surface area contributed by atoms with Crippen LogP contribution in [-0.2, 0) is 0 Å². The molecule has 0 bridgehead atoms. The summed E-state index contributed by atoms with van der Waals surface area (Å²) in [7, 11) is 0. The van der Waals surface area contributed by atoms with E-state index in [1.54, 1.807) is 24.3 Å². The molecule has 0 radical (unpaired) electrons. The summed E-state index contributed by atoms with van der Waals surface area (Å²) in [6.45, 7) is 1.87. The number of carbonyl (C=O) groups excluding carboxylic acids is 1. The van der Waals surface area contributed by atoms with Crippen LogP contribution in [0, 0.1) is 6.92 Å². The number of fused-ring (bicyclic) bond motifs is 1. The molecule has 0 aliphatic rings. The molecule has 0 saturated heterocycles. The zero-order chi connectivity index (χ0) is 11.0. The first-order chi connectivity index (χ1) is 7.08. The van der Waals surface area contributed by atoms with Crippen LogP contribution in [0.1, 0.15) is 16.1 Å². The van der Waals surface area contributed by atoms with Gasteiger partial charge in [0, 0.05) is 16.6 Å². The van der Waals surface area contributed by atoms with Crippen LogP contribution in [0.2, 0.25) is 5.02 Å². The molecule has 2 rings (SSSR count). The molecule has 0 unspecified atom stereocenters. The molecule has 0 fully saturated rings. The highest BCUT2D eigenvalue weighted by Gasteiger charge is 2.05. The van der Waals surface area contributed by atoms with Gasteiger partial charge in [0.2, 0.25) is 5.91 Å². The van der Waals surface area contributed by atoms with Gasteiger partial charge in [0.15, 0.2) is 0 Å². The predicted molar refractivity (Wildman–Crippen MR) is 60.0 cm³/mol. The Balaban J connectivity index is 2.76. The quantitative estimate of drug-likeness (QED) is 0.802. The van der Waals surface area contributed by atoms with Gasteiger partial charge in [0.05, 0.1) is 10.5 Å². The van der Waals surface area contributed by atoms with Gasteiger partial charge < -0.3 is 5.73 Å². The monoisotopic (exact) mass is 220 g/mol. The highest BCUT2D eigenvalue weighted by Crippen LogP contribution is 2.23. The second-order valence-corrected chi connectivity index (χ2v) is 3.75. The lowest BCUT2D eigenvalue weighted by atomic mass is 10.1. The normalized spacial score (nSPS) is 10.5. The molecule has 3 nitrogen and oxygen atoms in total. The van der Waals surface area contributed by atoms with E-state index in [2.05, 4.69) is 4.98 Å². The summed E-state index contributed by atoms with van der Waals surface area (Å²) in [5.41, 5.74) is 7.24. The van der Waals surface area contributed by atoms with Gasteiger partial charge in [0.25, 0.3) is 0 Å². The number of aromatic nitrogens is 1. The standard InChI is InChI=1S/C11H9ClN2O/c1-6-4-9(12)8-5-7(11(13)15)2-3-10(8)14-6/h2-5H,1H3,(H2,13,15). The summed E-state index contributed by atoms with van der Waals surface area (Å²) in [5, 5.41) is 1.33. The third-order valence-electron chi connectivity index (χ3n) is 2.17. The molecule has 0 aliphatic carbocycles. The number of primary amides is 1. The van der Waals surface area contributed by atoms with Crippen molar-refractivity contribution in [3.63, 3.8) is 0 Å². The van der Waals surface area contributed by atoms with Crippen LogP contribution in [0.4, 0.5) is 0 Å². The van der Waals surface area contributed by atoms with Gasteiger partial charge in [-0.05, 0) is 31.2 Å². The lowest BCUT2D eigenvalue weighted by Crippen LogP contribution is -2.10. The zero-order valence-electron chi connectivity index (χ0n) is 8.12. The predicted octanol–water partition coefficient (Wildman–Crippen LogP) is 2.30. The van der Waals surface area contributed by atoms with Gasteiger partial charge in [-0.3, -0.25) is 9.78 Å². The summed E-state index contributed by atoms with van der Waals surface area (Å²) in [5.74, 6) is -0.464. The fourth-order valence-corrected chi connectivity index (χ4v) is 1.77. The van der Waals surface area contributed by atoms with Crippen molar-refractivity contribution in [1.29, 1.82) is 0 Å². The maximum Gasteiger partial charge on any atom is 0.248 e. The molecule has 0 spiro atoms. The Labute approximate surface area is 91.9 Å². The number of amides is 1. The Hall–Kier alpha value is -1.61. The maximum absolute atomic E-state index is 11.0. The van der Waals surface area contributed by atoms with Crippen LogP contribution >= 0.6 is 11.6 Å². The molecule has 4 heteroatoms. The average molecular weight is 221 g/mol. The number of pyridine rings is 1. The fourth-order valence-electron chi connectivity index (χ4n) is 1.46. The number of benzene rings is 1. The number of nitrogens with two attached hydrogens (primary N) is 1. The number of hydrogen-bond acceptors (Lipinski definition) is 2. The van der Waals surface area contributed by atoms with E-state index in [1.165, 1.54) is 0 Å². The summed E-state index contributed by atoms with van der Waals surface area (Å²) >= 11 is 6.05. The number of nitrogens with zero attached hydrogens (tertiary/aromatic N) is 1. The largest absolute Gasteiger partial charge is 0.366 e. The minimum absolute atomic E-state index is 0.440. The minimum Gasteiger partial charge on any atom is -0.366 e. The van der Waals surface area contributed by atoms with Gasteiger partial charge in [-0.2, -0.15) is 0 Å². The minimum atomic E-state index is -0.464. The topological polar surface area (TPSA) is 56.0 Å². The van der Waals surface area contributed by atoms with Gasteiger partial charge in [-0.25, -0.2) is 0 Å². The zero-order valence-corrected chi connectivity index (χ0v) is 8.88. The molecule has 0 saturated carbocycles. The van der Waals surface area contributed by atoms with Gasteiger partial charge >= 0.3 is 0 Å². The number of rotatable bonds is 1. The molecular formula is C11H9ClN2O. The van der Waals surface area contributed by atoms with Crippen LogP contribution in [0.15, 0.2) is 24.3 Å². The van der Waals surface area contributed by atoms with Crippen molar-refractivity contribution in [2.24, 2.45) is 5.73 Å². The highest BCUT2D eigenvalue weighted by molar-refractivity contribution is 6.35. The smallest absolute Gasteiger partial charge is 0.248 e. The molecule has 1 aromatic heterocycles. The number of aryl methyl sites for hydroxylation is 1. The third kappa shape index (κ3) is 1.78. The van der Waals surface area contributed by atoms with E-state index in [-0.39, 0.29) is 0 Å². The van der Waals surface area contributed by atoms with Crippen LogP contribution in [0.3, 0.4) is 0 Å². The van der Waals surface area contributed by atoms with Crippen LogP contribution in [-0.4, -0.2) is 10.9 Å². The molecule has 2 N–H and O–H groups in total. The lowest BCUT2D eigenvalue weighted by molar-refractivity contribution is 0.100. The molecule has 1 heterocycles. The van der Waals surface area contributed by atoms with Crippen molar-refractivity contribution in [2.75, 3.05) is 0 Å². The van der Waals surface area contributed by atoms with Gasteiger partial charge in [-0.1, -0.05) is 11.6 Å². The van der Waals surface area contributed by atoms with E-state index in [4.69, 9.17) is 17.3 Å². The van der Waals surface area contributed by atoms with E-state index < -0.39 is 5.91 Å². The second-order valence-electron chi connectivity index (χ2n) is 3.34. The fraction of sp³-hybridized carbons (Fsp3) is 0.0909. The number of halogens is 1. The molecule has 76 valence electrons. The molecule has 2 aromatic rings. The first kappa shape index (κ1) is 9.93. The van der Waals surface area contributed by atoms with Crippen molar-refractivity contribution < 1.29 is 4.79 Å². The van der Waals surface area contributed by atoms with Crippen LogP contribution in [0.25, 0.3) is 10.9 Å². The summed E-state index contributed by atoms with van der Waals surface area (Å²) in [4.78, 5) is 15.3. The molecule has 0 aliphatic heterocycles. The summed E-state index contributed by atoms with van der Waals surface area (Å²) < 4.78 is 0. The first-order valence-electron chi connectivity index (χ1n) is 4.44. The number of carbonyl (C=O) groups is 1. The SMILES string of the molecule is Cc1cc(Cl)c2cc(C(N)=O)ccc2n1. The first-order valence-corrected chi connectivity index (χ1v) is 4.82. The molecule has 0 atom stereocenters. The Kier molecular flexibility index (Phi) is 2.32. The van der Waals surface area contributed by atoms with Crippen LogP contribution < -0.4 is 5.73 Å². The van der Waals surface area contributed by atoms with Gasteiger partial charge in [0.1, 0.15) is 0 Å². The molecular weight excluding hydrogens is 212 g/mol. The Bertz CT molecular complexity index is 552. The van der Waals surface area contributed by atoms with E-state index in [0.29, 0.717) is 10.6 Å². The second kappa shape index (κ2) is 3.51.